The van der Waals surface area contributed by atoms with Gasteiger partial charge in [0.2, 0.25) is 0 Å². The van der Waals surface area contributed by atoms with Gasteiger partial charge in [0.15, 0.2) is 0 Å². The number of Topliss-reactive ketones (excluding diaryl/α,β-unsaturated/α-hetero) is 1. The van der Waals surface area contributed by atoms with Crippen LogP contribution in [0.3, 0.4) is 0 Å². The molecule has 1 aliphatic carbocycles. The first-order valence-electron chi connectivity index (χ1n) is 8.02. The minimum Gasteiger partial charge on any atom is -0.465 e. The minimum absolute atomic E-state index is 0.142. The summed E-state index contributed by atoms with van der Waals surface area (Å²) in [5, 5.41) is 0. The molecular formula is C18H18FN3O3. The fraction of sp³-hybridized carbons (Fsp3) is 0.333. The van der Waals surface area contributed by atoms with Crippen molar-refractivity contribution in [3.63, 3.8) is 0 Å². The molecule has 0 aliphatic heterocycles. The van der Waals surface area contributed by atoms with Crippen LogP contribution in [-0.4, -0.2) is 28.8 Å². The Kier molecular flexibility index (Phi) is 4.74. The predicted molar refractivity (Wildman–Crippen MR) is 89.4 cm³/mol. The second-order valence-corrected chi connectivity index (χ2v) is 6.03. The standard InChI is InChI=1S/C18H18FN3O3/c1-25-18(24)13-7-4-11(8-14(13)19)16-17(20)21-9-15(22-16)10-2-5-12(23)6-3-10/h4,7-10H,2-3,5-6H2,1H3,(H2,20,21). The van der Waals surface area contributed by atoms with Gasteiger partial charge in [-0.25, -0.2) is 19.2 Å². The molecule has 130 valence electrons. The Morgan fingerprint density at radius 1 is 1.32 bits per heavy atom. The lowest BCUT2D eigenvalue weighted by atomic mass is 9.86. The molecule has 7 heteroatoms. The van der Waals surface area contributed by atoms with Gasteiger partial charge >= 0.3 is 5.97 Å². The third-order valence-corrected chi connectivity index (χ3v) is 4.43. The van der Waals surface area contributed by atoms with Gasteiger partial charge in [-0.3, -0.25) is 4.79 Å². The molecule has 1 aromatic carbocycles. The van der Waals surface area contributed by atoms with Crippen LogP contribution in [0.4, 0.5) is 10.2 Å². The zero-order chi connectivity index (χ0) is 18.0. The third kappa shape index (κ3) is 3.50. The summed E-state index contributed by atoms with van der Waals surface area (Å²) in [6.07, 6.45) is 4.14. The van der Waals surface area contributed by atoms with Crippen molar-refractivity contribution in [3.05, 3.63) is 41.5 Å². The van der Waals surface area contributed by atoms with Crippen molar-refractivity contribution in [2.45, 2.75) is 31.6 Å². The zero-order valence-electron chi connectivity index (χ0n) is 13.8. The molecule has 2 N–H and O–H groups in total. The van der Waals surface area contributed by atoms with Gasteiger partial charge in [0.1, 0.15) is 23.1 Å². The number of hydrogen-bond donors (Lipinski definition) is 1. The van der Waals surface area contributed by atoms with Crippen LogP contribution in [0.25, 0.3) is 11.3 Å². The highest BCUT2D eigenvalue weighted by molar-refractivity contribution is 5.90. The zero-order valence-corrected chi connectivity index (χ0v) is 13.8. The number of halogens is 1. The molecule has 1 heterocycles. The molecule has 0 saturated heterocycles. The number of anilines is 1. The van der Waals surface area contributed by atoms with Crippen molar-refractivity contribution in [1.29, 1.82) is 0 Å². The lowest BCUT2D eigenvalue weighted by Gasteiger charge is -2.20. The number of aromatic nitrogens is 2. The number of carbonyl (C=O) groups is 2. The fourth-order valence-electron chi connectivity index (χ4n) is 2.99. The van der Waals surface area contributed by atoms with E-state index in [1.807, 2.05) is 0 Å². The maximum absolute atomic E-state index is 14.2. The largest absolute Gasteiger partial charge is 0.465 e. The van der Waals surface area contributed by atoms with Gasteiger partial charge in [0.25, 0.3) is 0 Å². The number of benzene rings is 1. The van der Waals surface area contributed by atoms with Crippen molar-refractivity contribution in [1.82, 2.24) is 9.97 Å². The average Bonchev–Trinajstić information content (AvgIpc) is 2.62. The predicted octanol–water partition coefficient (Wildman–Crippen LogP) is 2.88. The van der Waals surface area contributed by atoms with Crippen molar-refractivity contribution in [2.24, 2.45) is 0 Å². The van der Waals surface area contributed by atoms with Gasteiger partial charge in [-0.05, 0) is 25.0 Å². The lowest BCUT2D eigenvalue weighted by molar-refractivity contribution is -0.120. The van der Waals surface area contributed by atoms with Crippen LogP contribution < -0.4 is 5.73 Å². The van der Waals surface area contributed by atoms with Crippen LogP contribution in [0.15, 0.2) is 24.4 Å². The highest BCUT2D eigenvalue weighted by Crippen LogP contribution is 2.32. The number of carbonyl (C=O) groups excluding carboxylic acids is 2. The molecule has 0 radical (unpaired) electrons. The molecule has 25 heavy (non-hydrogen) atoms. The maximum Gasteiger partial charge on any atom is 0.340 e. The quantitative estimate of drug-likeness (QED) is 0.861. The smallest absolute Gasteiger partial charge is 0.340 e. The van der Waals surface area contributed by atoms with Crippen molar-refractivity contribution >= 4 is 17.6 Å². The van der Waals surface area contributed by atoms with Crippen LogP contribution in [0.1, 0.15) is 47.7 Å². The second kappa shape index (κ2) is 6.96. The van der Waals surface area contributed by atoms with E-state index in [1.54, 1.807) is 12.3 Å². The fourth-order valence-corrected chi connectivity index (χ4v) is 2.99. The summed E-state index contributed by atoms with van der Waals surface area (Å²) in [4.78, 5) is 31.6. The molecule has 0 spiro atoms. The monoisotopic (exact) mass is 343 g/mol. The van der Waals surface area contributed by atoms with Crippen LogP contribution in [0.2, 0.25) is 0 Å². The van der Waals surface area contributed by atoms with Crippen molar-refractivity contribution < 1.29 is 18.7 Å². The normalized spacial score (nSPS) is 15.2. The molecule has 3 rings (SSSR count). The molecule has 0 bridgehead atoms. The Morgan fingerprint density at radius 2 is 2.04 bits per heavy atom. The number of ether oxygens (including phenoxy) is 1. The molecule has 0 unspecified atom stereocenters. The Morgan fingerprint density at radius 3 is 2.68 bits per heavy atom. The number of nitrogens with zero attached hydrogens (tertiary/aromatic N) is 2. The molecule has 6 nitrogen and oxygen atoms in total. The number of hydrogen-bond acceptors (Lipinski definition) is 6. The Labute approximate surface area is 144 Å². The summed E-state index contributed by atoms with van der Waals surface area (Å²) in [7, 11) is 1.19. The van der Waals surface area contributed by atoms with Crippen LogP contribution in [0.5, 0.6) is 0 Å². The molecule has 2 aromatic rings. The van der Waals surface area contributed by atoms with E-state index in [9.17, 15) is 14.0 Å². The summed E-state index contributed by atoms with van der Waals surface area (Å²) in [6.45, 7) is 0. The number of esters is 1. The molecule has 1 aliphatic rings. The van der Waals surface area contributed by atoms with E-state index in [1.165, 1.54) is 19.2 Å². The summed E-state index contributed by atoms with van der Waals surface area (Å²) < 4.78 is 18.7. The van der Waals surface area contributed by atoms with Gasteiger partial charge in [-0.1, -0.05) is 6.07 Å². The van der Waals surface area contributed by atoms with E-state index in [-0.39, 0.29) is 23.1 Å². The Bertz CT molecular complexity index is 828. The van der Waals surface area contributed by atoms with E-state index in [2.05, 4.69) is 14.7 Å². The first-order valence-corrected chi connectivity index (χ1v) is 8.02. The maximum atomic E-state index is 14.2. The summed E-state index contributed by atoms with van der Waals surface area (Å²) in [5.41, 5.74) is 7.30. The van der Waals surface area contributed by atoms with E-state index >= 15 is 0 Å². The van der Waals surface area contributed by atoms with Crippen LogP contribution in [0, 0.1) is 5.82 Å². The van der Waals surface area contributed by atoms with Crippen molar-refractivity contribution in [2.75, 3.05) is 12.8 Å². The minimum atomic E-state index is -0.747. The number of methoxy groups -OCH3 is 1. The summed E-state index contributed by atoms with van der Waals surface area (Å²) in [5.74, 6) is -0.868. The molecule has 1 saturated carbocycles. The number of nitrogen functional groups attached to an aromatic ring is 1. The molecule has 1 aromatic heterocycles. The lowest BCUT2D eigenvalue weighted by Crippen LogP contribution is -2.14. The highest BCUT2D eigenvalue weighted by Gasteiger charge is 2.23. The van der Waals surface area contributed by atoms with E-state index < -0.39 is 11.8 Å². The molecular weight excluding hydrogens is 325 g/mol. The second-order valence-electron chi connectivity index (χ2n) is 6.03. The number of nitrogens with two attached hydrogens (primary N) is 1. The van der Waals surface area contributed by atoms with E-state index in [0.717, 1.165) is 18.5 Å². The first kappa shape index (κ1) is 17.0. The first-order chi connectivity index (χ1) is 12.0. The summed E-state index contributed by atoms with van der Waals surface area (Å²) >= 11 is 0. The number of ketones is 1. The topological polar surface area (TPSA) is 95.2 Å². The number of rotatable bonds is 3. The van der Waals surface area contributed by atoms with E-state index in [4.69, 9.17) is 5.73 Å². The molecule has 1 fully saturated rings. The average molecular weight is 343 g/mol. The third-order valence-electron chi connectivity index (χ3n) is 4.43. The van der Waals surface area contributed by atoms with Gasteiger partial charge < -0.3 is 10.5 Å². The summed E-state index contributed by atoms with van der Waals surface area (Å²) in [6, 6.07) is 4.09. The van der Waals surface area contributed by atoms with E-state index in [0.29, 0.717) is 24.1 Å². The Hall–Kier alpha value is -2.83. The highest BCUT2D eigenvalue weighted by atomic mass is 19.1. The molecule has 0 amide bonds. The van der Waals surface area contributed by atoms with Gasteiger partial charge in [-0.15, -0.1) is 0 Å². The SMILES string of the molecule is COC(=O)c1ccc(-c2nc(C3CCC(=O)CC3)cnc2N)cc1F. The van der Waals surface area contributed by atoms with Gasteiger partial charge in [0, 0.05) is 24.3 Å². The molecule has 0 atom stereocenters. The van der Waals surface area contributed by atoms with Crippen LogP contribution in [-0.2, 0) is 9.53 Å². The Balaban J connectivity index is 1.94. The van der Waals surface area contributed by atoms with Crippen molar-refractivity contribution in [3.8, 4) is 11.3 Å². The van der Waals surface area contributed by atoms with Gasteiger partial charge in [0.05, 0.1) is 24.6 Å². The van der Waals surface area contributed by atoms with Gasteiger partial charge in [-0.2, -0.15) is 0 Å². The van der Waals surface area contributed by atoms with Crippen LogP contribution >= 0.6 is 0 Å².